The van der Waals surface area contributed by atoms with E-state index in [2.05, 4.69) is 20.8 Å². The van der Waals surface area contributed by atoms with Crippen LogP contribution in [0.5, 0.6) is 0 Å². The Balaban J connectivity index is 3.05. The molecular formula is C13H21N2O2+. The minimum atomic E-state index is -0.287. The van der Waals surface area contributed by atoms with E-state index >= 15 is 0 Å². The highest BCUT2D eigenvalue weighted by molar-refractivity contribution is 5.39. The number of hydrogen-bond donors (Lipinski definition) is 0. The van der Waals surface area contributed by atoms with E-state index in [-0.39, 0.29) is 10.6 Å². The van der Waals surface area contributed by atoms with Gasteiger partial charge in [-0.1, -0.05) is 12.1 Å². The number of quaternary nitrogens is 1. The van der Waals surface area contributed by atoms with Crippen LogP contribution in [0.4, 0.5) is 5.69 Å². The third-order valence-corrected chi connectivity index (χ3v) is 3.71. The lowest BCUT2D eigenvalue weighted by Crippen LogP contribution is -2.46. The fraction of sp³-hybridized carbons (Fsp3) is 0.538. The Morgan fingerprint density at radius 3 is 2.12 bits per heavy atom. The van der Waals surface area contributed by atoms with Gasteiger partial charge in [-0.15, -0.1) is 0 Å². The van der Waals surface area contributed by atoms with E-state index in [9.17, 15) is 10.1 Å². The average Bonchev–Trinajstić information content (AvgIpc) is 2.36. The predicted octanol–water partition coefficient (Wildman–Crippen LogP) is 2.97. The molecule has 0 spiro atoms. The molecule has 1 rings (SSSR count). The predicted molar refractivity (Wildman–Crippen MR) is 68.7 cm³/mol. The second-order valence-corrected chi connectivity index (χ2v) is 4.33. The van der Waals surface area contributed by atoms with Crippen LogP contribution in [0.25, 0.3) is 0 Å². The summed E-state index contributed by atoms with van der Waals surface area (Å²) < 4.78 is 0.894. The molecule has 0 aliphatic heterocycles. The van der Waals surface area contributed by atoms with Crippen molar-refractivity contribution in [3.63, 3.8) is 0 Å². The molecule has 0 atom stereocenters. The summed E-state index contributed by atoms with van der Waals surface area (Å²) in [5, 5.41) is 11.0. The van der Waals surface area contributed by atoms with Gasteiger partial charge in [0.05, 0.1) is 30.1 Å². The minimum absolute atomic E-state index is 0.241. The maximum absolute atomic E-state index is 11.0. The topological polar surface area (TPSA) is 43.1 Å². The Morgan fingerprint density at radius 2 is 1.65 bits per heavy atom. The van der Waals surface area contributed by atoms with E-state index in [0.717, 1.165) is 36.2 Å². The number of rotatable bonds is 6. The van der Waals surface area contributed by atoms with Gasteiger partial charge in [0.1, 0.15) is 6.54 Å². The van der Waals surface area contributed by atoms with Crippen LogP contribution in [0.3, 0.4) is 0 Å². The number of hydrogen-bond acceptors (Lipinski definition) is 2. The molecule has 0 aliphatic rings. The molecule has 0 heterocycles. The number of benzene rings is 1. The number of nitro groups is 1. The van der Waals surface area contributed by atoms with Gasteiger partial charge in [-0.2, -0.15) is 0 Å². The summed E-state index contributed by atoms with van der Waals surface area (Å²) in [6.45, 7) is 10.2. The fourth-order valence-corrected chi connectivity index (χ4v) is 2.19. The first-order valence-corrected chi connectivity index (χ1v) is 6.16. The smallest absolute Gasteiger partial charge is 0.278 e. The van der Waals surface area contributed by atoms with E-state index in [1.54, 1.807) is 12.1 Å². The summed E-state index contributed by atoms with van der Waals surface area (Å²) in [6.07, 6.45) is 0. The lowest BCUT2D eigenvalue weighted by atomic mass is 10.1. The van der Waals surface area contributed by atoms with Gasteiger partial charge in [0, 0.05) is 6.07 Å². The Kier molecular flexibility index (Phi) is 4.63. The molecule has 0 radical (unpaired) electrons. The maximum atomic E-state index is 11.0. The van der Waals surface area contributed by atoms with Crippen molar-refractivity contribution in [3.8, 4) is 0 Å². The highest BCUT2D eigenvalue weighted by atomic mass is 16.6. The van der Waals surface area contributed by atoms with Crippen molar-refractivity contribution in [1.29, 1.82) is 0 Å². The van der Waals surface area contributed by atoms with Gasteiger partial charge in [-0.25, -0.2) is 0 Å². The van der Waals surface area contributed by atoms with Crippen LogP contribution in [0.1, 0.15) is 26.3 Å². The molecule has 0 saturated carbocycles. The standard InChI is InChI=1S/C13H21N2O2/c1-4-15(5-2,6-3)11-12-9-7-8-10-13(12)14(16)17/h7-10H,4-6,11H2,1-3H3/q+1. The van der Waals surface area contributed by atoms with Gasteiger partial charge < -0.3 is 4.48 Å². The molecule has 4 nitrogen and oxygen atoms in total. The van der Waals surface area contributed by atoms with E-state index in [1.165, 1.54) is 0 Å². The Bertz CT molecular complexity index is 378. The molecule has 0 saturated heterocycles. The molecule has 0 amide bonds. The van der Waals surface area contributed by atoms with Crippen molar-refractivity contribution in [2.24, 2.45) is 0 Å². The maximum Gasteiger partial charge on any atom is 0.278 e. The summed E-state index contributed by atoms with van der Waals surface area (Å²) in [7, 11) is 0. The first-order chi connectivity index (χ1) is 8.08. The van der Waals surface area contributed by atoms with Crippen molar-refractivity contribution >= 4 is 5.69 Å². The third-order valence-electron chi connectivity index (χ3n) is 3.71. The summed E-state index contributed by atoms with van der Waals surface area (Å²) in [5.41, 5.74) is 1.08. The first kappa shape index (κ1) is 13.6. The normalized spacial score (nSPS) is 11.5. The van der Waals surface area contributed by atoms with Crippen LogP contribution in [0.2, 0.25) is 0 Å². The highest BCUT2D eigenvalue weighted by Gasteiger charge is 2.25. The number of nitro benzene ring substituents is 1. The zero-order valence-electron chi connectivity index (χ0n) is 10.8. The van der Waals surface area contributed by atoms with Crippen LogP contribution < -0.4 is 0 Å². The van der Waals surface area contributed by atoms with Crippen molar-refractivity contribution in [3.05, 3.63) is 39.9 Å². The van der Waals surface area contributed by atoms with E-state index in [1.807, 2.05) is 12.1 Å². The Hall–Kier alpha value is -1.42. The molecule has 0 bridgehead atoms. The second kappa shape index (κ2) is 5.77. The number of para-hydroxylation sites is 1. The molecule has 17 heavy (non-hydrogen) atoms. The van der Waals surface area contributed by atoms with E-state index in [0.29, 0.717) is 0 Å². The first-order valence-electron chi connectivity index (χ1n) is 6.16. The highest BCUT2D eigenvalue weighted by Crippen LogP contribution is 2.23. The van der Waals surface area contributed by atoms with Crippen LogP contribution in [0, 0.1) is 10.1 Å². The summed E-state index contributed by atoms with van der Waals surface area (Å²) in [5.74, 6) is 0. The summed E-state index contributed by atoms with van der Waals surface area (Å²) in [4.78, 5) is 10.7. The molecule has 0 aliphatic carbocycles. The molecule has 1 aromatic rings. The molecule has 0 fully saturated rings. The molecular weight excluding hydrogens is 216 g/mol. The van der Waals surface area contributed by atoms with E-state index < -0.39 is 0 Å². The summed E-state index contributed by atoms with van der Waals surface area (Å²) >= 11 is 0. The van der Waals surface area contributed by atoms with Gasteiger partial charge in [0.25, 0.3) is 5.69 Å². The van der Waals surface area contributed by atoms with Crippen LogP contribution in [-0.2, 0) is 6.54 Å². The van der Waals surface area contributed by atoms with E-state index in [4.69, 9.17) is 0 Å². The summed E-state index contributed by atoms with van der Waals surface area (Å²) in [6, 6.07) is 7.05. The monoisotopic (exact) mass is 237 g/mol. The molecule has 94 valence electrons. The van der Waals surface area contributed by atoms with Gasteiger partial charge in [0.2, 0.25) is 0 Å². The van der Waals surface area contributed by atoms with Crippen molar-refractivity contribution < 1.29 is 9.41 Å². The molecule has 0 N–H and O–H groups in total. The average molecular weight is 237 g/mol. The van der Waals surface area contributed by atoms with Gasteiger partial charge in [0.15, 0.2) is 0 Å². The second-order valence-electron chi connectivity index (χ2n) is 4.33. The zero-order chi connectivity index (χ0) is 12.9. The SMILES string of the molecule is CC[N+](CC)(CC)Cc1ccccc1[N+](=O)[O-]. The van der Waals surface area contributed by atoms with Gasteiger partial charge >= 0.3 is 0 Å². The van der Waals surface area contributed by atoms with Crippen molar-refractivity contribution in [2.45, 2.75) is 27.3 Å². The molecule has 1 aromatic carbocycles. The Morgan fingerprint density at radius 1 is 1.12 bits per heavy atom. The van der Waals surface area contributed by atoms with Crippen LogP contribution in [0.15, 0.2) is 24.3 Å². The zero-order valence-corrected chi connectivity index (χ0v) is 10.8. The largest absolute Gasteiger partial charge is 0.320 e. The molecule has 0 aromatic heterocycles. The van der Waals surface area contributed by atoms with Gasteiger partial charge in [-0.3, -0.25) is 10.1 Å². The fourth-order valence-electron chi connectivity index (χ4n) is 2.19. The third kappa shape index (κ3) is 3.03. The lowest BCUT2D eigenvalue weighted by Gasteiger charge is -2.35. The van der Waals surface area contributed by atoms with Crippen molar-refractivity contribution in [2.75, 3.05) is 19.6 Å². The number of nitrogens with zero attached hydrogens (tertiary/aromatic N) is 2. The van der Waals surface area contributed by atoms with Crippen LogP contribution >= 0.6 is 0 Å². The van der Waals surface area contributed by atoms with Crippen LogP contribution in [-0.4, -0.2) is 29.0 Å². The molecule has 0 unspecified atom stereocenters. The molecule has 4 heteroatoms. The van der Waals surface area contributed by atoms with Gasteiger partial charge in [-0.05, 0) is 26.8 Å². The lowest BCUT2D eigenvalue weighted by molar-refractivity contribution is -0.936. The van der Waals surface area contributed by atoms with Crippen molar-refractivity contribution in [1.82, 2.24) is 0 Å². The minimum Gasteiger partial charge on any atom is -0.320 e. The Labute approximate surface area is 103 Å². The quantitative estimate of drug-likeness (QED) is 0.433.